The standard InChI is InChI=1S/C20H21NO5/c1-12(22)20(2,18(23)24)21-19(25)26-11-17-15-9-5-3-7-13(15)14-8-4-6-10-16(14)17/h3-10,12,17,22H,11H2,1-2H3,(H,21,25)(H,23,24)/t12-,20?/m0/s1. The van der Waals surface area contributed by atoms with Crippen LogP contribution in [-0.4, -0.2) is 40.5 Å². The molecule has 0 saturated carbocycles. The summed E-state index contributed by atoms with van der Waals surface area (Å²) in [6.07, 6.45) is -2.15. The van der Waals surface area contributed by atoms with Crippen LogP contribution in [-0.2, 0) is 9.53 Å². The van der Waals surface area contributed by atoms with Gasteiger partial charge in [-0.15, -0.1) is 0 Å². The molecule has 1 amide bonds. The molecule has 0 saturated heterocycles. The number of rotatable bonds is 5. The maximum absolute atomic E-state index is 12.1. The van der Waals surface area contributed by atoms with Gasteiger partial charge in [-0.05, 0) is 36.1 Å². The monoisotopic (exact) mass is 355 g/mol. The van der Waals surface area contributed by atoms with Crippen LogP contribution in [0.25, 0.3) is 11.1 Å². The van der Waals surface area contributed by atoms with Crippen LogP contribution in [0.5, 0.6) is 0 Å². The molecule has 3 N–H and O–H groups in total. The molecule has 1 aliphatic carbocycles. The van der Waals surface area contributed by atoms with E-state index in [0.29, 0.717) is 0 Å². The normalized spacial score (nSPS) is 16.1. The molecule has 1 unspecified atom stereocenters. The third kappa shape index (κ3) is 3.04. The molecule has 6 nitrogen and oxygen atoms in total. The number of carbonyl (C=O) groups excluding carboxylic acids is 1. The lowest BCUT2D eigenvalue weighted by atomic mass is 9.96. The van der Waals surface area contributed by atoms with Crippen LogP contribution in [0.4, 0.5) is 4.79 Å². The van der Waals surface area contributed by atoms with Gasteiger partial charge >= 0.3 is 12.1 Å². The smallest absolute Gasteiger partial charge is 0.408 e. The van der Waals surface area contributed by atoms with Gasteiger partial charge in [0, 0.05) is 5.92 Å². The fourth-order valence-electron chi connectivity index (χ4n) is 3.18. The van der Waals surface area contributed by atoms with E-state index in [-0.39, 0.29) is 12.5 Å². The SMILES string of the molecule is C[C@H](O)C(C)(NC(=O)OCC1c2ccccc2-c2ccccc21)C(=O)O. The molecule has 0 spiro atoms. The third-order valence-corrected chi connectivity index (χ3v) is 4.99. The van der Waals surface area contributed by atoms with Crippen LogP contribution in [0, 0.1) is 0 Å². The van der Waals surface area contributed by atoms with Crippen molar-refractivity contribution in [3.05, 3.63) is 59.7 Å². The van der Waals surface area contributed by atoms with Crippen LogP contribution < -0.4 is 5.32 Å². The summed E-state index contributed by atoms with van der Waals surface area (Å²) >= 11 is 0. The van der Waals surface area contributed by atoms with Gasteiger partial charge in [0.15, 0.2) is 5.54 Å². The summed E-state index contributed by atoms with van der Waals surface area (Å²) < 4.78 is 5.31. The van der Waals surface area contributed by atoms with Crippen molar-refractivity contribution in [2.75, 3.05) is 6.61 Å². The Morgan fingerprint density at radius 2 is 1.62 bits per heavy atom. The number of carboxylic acid groups (broad SMARTS) is 1. The zero-order chi connectivity index (χ0) is 18.9. The van der Waals surface area contributed by atoms with Gasteiger partial charge in [-0.25, -0.2) is 9.59 Å². The molecule has 2 aromatic rings. The number of benzene rings is 2. The molecule has 6 heteroatoms. The molecule has 0 heterocycles. The predicted octanol–water partition coefficient (Wildman–Crippen LogP) is 2.75. The first kappa shape index (κ1) is 17.9. The summed E-state index contributed by atoms with van der Waals surface area (Å²) in [5.41, 5.74) is 2.53. The second kappa shape index (κ2) is 6.80. The Bertz CT molecular complexity index is 802. The van der Waals surface area contributed by atoms with E-state index in [1.54, 1.807) is 0 Å². The maximum Gasteiger partial charge on any atom is 0.408 e. The molecule has 3 rings (SSSR count). The topological polar surface area (TPSA) is 95.9 Å². The molecule has 1 aliphatic rings. The molecular formula is C20H21NO5. The van der Waals surface area contributed by atoms with Crippen LogP contribution >= 0.6 is 0 Å². The largest absolute Gasteiger partial charge is 0.479 e. The van der Waals surface area contributed by atoms with Crippen LogP contribution in [0.1, 0.15) is 30.9 Å². The van der Waals surface area contributed by atoms with E-state index < -0.39 is 23.7 Å². The molecule has 0 aromatic heterocycles. The minimum atomic E-state index is -1.82. The highest BCUT2D eigenvalue weighted by molar-refractivity contribution is 5.84. The second-order valence-corrected chi connectivity index (χ2v) is 6.63. The summed E-state index contributed by atoms with van der Waals surface area (Å²) in [5, 5.41) is 21.2. The second-order valence-electron chi connectivity index (χ2n) is 6.63. The average molecular weight is 355 g/mol. The van der Waals surface area contributed by atoms with Crippen molar-refractivity contribution in [1.82, 2.24) is 5.32 Å². The molecule has 2 atom stereocenters. The van der Waals surface area contributed by atoms with Crippen LogP contribution in [0.2, 0.25) is 0 Å². The summed E-state index contributed by atoms with van der Waals surface area (Å²) in [6.45, 7) is 2.62. The number of aliphatic carboxylic acids is 1. The van der Waals surface area contributed by atoms with E-state index in [1.807, 2.05) is 48.5 Å². The van der Waals surface area contributed by atoms with Crippen molar-refractivity contribution in [2.45, 2.75) is 31.4 Å². The summed E-state index contributed by atoms with van der Waals surface area (Å²) in [4.78, 5) is 23.5. The number of aliphatic hydroxyl groups excluding tert-OH is 1. The van der Waals surface area contributed by atoms with Gasteiger partial charge in [-0.2, -0.15) is 0 Å². The fourth-order valence-corrected chi connectivity index (χ4v) is 3.18. The van der Waals surface area contributed by atoms with Gasteiger partial charge in [0.2, 0.25) is 0 Å². The van der Waals surface area contributed by atoms with E-state index in [2.05, 4.69) is 5.32 Å². The summed E-state index contributed by atoms with van der Waals surface area (Å²) in [6, 6.07) is 15.9. The predicted molar refractivity (Wildman–Crippen MR) is 95.9 cm³/mol. The Kier molecular flexibility index (Phi) is 4.70. The van der Waals surface area contributed by atoms with Gasteiger partial charge in [-0.1, -0.05) is 48.5 Å². The Morgan fingerprint density at radius 1 is 1.12 bits per heavy atom. The number of hydrogen-bond acceptors (Lipinski definition) is 4. The molecule has 0 radical (unpaired) electrons. The Balaban J connectivity index is 1.76. The van der Waals surface area contributed by atoms with Gasteiger partial charge in [0.1, 0.15) is 6.61 Å². The first-order chi connectivity index (χ1) is 12.3. The summed E-state index contributed by atoms with van der Waals surface area (Å²) in [7, 11) is 0. The van der Waals surface area contributed by atoms with Crippen molar-refractivity contribution in [3.63, 3.8) is 0 Å². The Morgan fingerprint density at radius 3 is 2.08 bits per heavy atom. The van der Waals surface area contributed by atoms with E-state index in [0.717, 1.165) is 22.3 Å². The Hall–Kier alpha value is -2.86. The molecule has 136 valence electrons. The van der Waals surface area contributed by atoms with Crippen molar-refractivity contribution in [3.8, 4) is 11.1 Å². The molecule has 0 fully saturated rings. The molecular weight excluding hydrogens is 334 g/mol. The number of fused-ring (bicyclic) bond motifs is 3. The first-order valence-corrected chi connectivity index (χ1v) is 8.39. The third-order valence-electron chi connectivity index (χ3n) is 4.99. The first-order valence-electron chi connectivity index (χ1n) is 8.39. The zero-order valence-corrected chi connectivity index (χ0v) is 14.6. The van der Waals surface area contributed by atoms with Gasteiger partial charge in [0.25, 0.3) is 0 Å². The number of nitrogens with one attached hydrogen (secondary N) is 1. The lowest BCUT2D eigenvalue weighted by Gasteiger charge is -2.28. The van der Waals surface area contributed by atoms with E-state index in [9.17, 15) is 19.8 Å². The lowest BCUT2D eigenvalue weighted by molar-refractivity contribution is -0.148. The van der Waals surface area contributed by atoms with Gasteiger partial charge in [-0.3, -0.25) is 0 Å². The Labute approximate surface area is 151 Å². The summed E-state index contributed by atoms with van der Waals surface area (Å²) in [5.74, 6) is -1.45. The van der Waals surface area contributed by atoms with Crippen LogP contribution in [0.15, 0.2) is 48.5 Å². The van der Waals surface area contributed by atoms with Crippen LogP contribution in [0.3, 0.4) is 0 Å². The number of aliphatic hydroxyl groups is 1. The minimum Gasteiger partial charge on any atom is -0.479 e. The van der Waals surface area contributed by atoms with E-state index in [4.69, 9.17) is 4.74 Å². The van der Waals surface area contributed by atoms with Crippen molar-refractivity contribution >= 4 is 12.1 Å². The average Bonchev–Trinajstić information content (AvgIpc) is 2.93. The molecule has 0 aliphatic heterocycles. The molecule has 0 bridgehead atoms. The van der Waals surface area contributed by atoms with Crippen molar-refractivity contribution < 1.29 is 24.5 Å². The van der Waals surface area contributed by atoms with Gasteiger partial charge in [0.05, 0.1) is 6.10 Å². The van der Waals surface area contributed by atoms with Crippen molar-refractivity contribution in [2.24, 2.45) is 0 Å². The minimum absolute atomic E-state index is 0.0787. The number of carbonyl (C=O) groups is 2. The van der Waals surface area contributed by atoms with E-state index in [1.165, 1.54) is 13.8 Å². The van der Waals surface area contributed by atoms with E-state index >= 15 is 0 Å². The van der Waals surface area contributed by atoms with Crippen molar-refractivity contribution in [1.29, 1.82) is 0 Å². The highest BCUT2D eigenvalue weighted by atomic mass is 16.5. The number of carboxylic acids is 1. The maximum atomic E-state index is 12.1. The highest BCUT2D eigenvalue weighted by Crippen LogP contribution is 2.44. The fraction of sp³-hybridized carbons (Fsp3) is 0.300. The van der Waals surface area contributed by atoms with Gasteiger partial charge < -0.3 is 20.3 Å². The quantitative estimate of drug-likeness (QED) is 0.766. The highest BCUT2D eigenvalue weighted by Gasteiger charge is 2.40. The number of ether oxygens (including phenoxy) is 1. The number of alkyl carbamates (subject to hydrolysis) is 1. The lowest BCUT2D eigenvalue weighted by Crippen LogP contribution is -2.59. The number of hydrogen-bond donors (Lipinski definition) is 3. The number of amides is 1. The zero-order valence-electron chi connectivity index (χ0n) is 14.6. The molecule has 26 heavy (non-hydrogen) atoms. The molecule has 2 aromatic carbocycles.